The molecule has 100 valence electrons. The summed E-state index contributed by atoms with van der Waals surface area (Å²) in [7, 11) is 1.40. The Bertz CT molecular complexity index is 401. The average Bonchev–Trinajstić information content (AvgIpc) is 2.80. The van der Waals surface area contributed by atoms with Gasteiger partial charge in [0.05, 0.1) is 12.8 Å². The van der Waals surface area contributed by atoms with Crippen LogP contribution in [0.15, 0.2) is 18.0 Å². The first-order valence-electron chi connectivity index (χ1n) is 5.98. The van der Waals surface area contributed by atoms with Gasteiger partial charge in [0, 0.05) is 5.38 Å². The van der Waals surface area contributed by atoms with E-state index in [4.69, 9.17) is 4.74 Å². The highest BCUT2D eigenvalue weighted by Gasteiger charge is 2.23. The third-order valence-electron chi connectivity index (χ3n) is 2.56. The number of aryl methyl sites for hydroxylation is 1. The van der Waals surface area contributed by atoms with Crippen LogP contribution in [0.5, 0.6) is 0 Å². The Morgan fingerprint density at radius 1 is 1.67 bits per heavy atom. The number of aromatic nitrogens is 1. The molecule has 0 aromatic carbocycles. The molecular weight excluding hydrogens is 248 g/mol. The molecule has 0 saturated carbocycles. The van der Waals surface area contributed by atoms with Crippen LogP contribution in [0.25, 0.3) is 0 Å². The van der Waals surface area contributed by atoms with Crippen LogP contribution in [0.4, 0.5) is 5.13 Å². The third kappa shape index (κ3) is 4.14. The lowest BCUT2D eigenvalue weighted by Gasteiger charge is -2.18. The number of carbonyl (C=O) groups excluding carboxylic acids is 1. The number of anilines is 1. The SMILES string of the molecule is C=CCCc1csc(N[C@H](C(=O)OC)C(C)C)n1. The van der Waals surface area contributed by atoms with Gasteiger partial charge in [-0.15, -0.1) is 17.9 Å². The molecule has 1 atom stereocenters. The highest BCUT2D eigenvalue weighted by atomic mass is 32.1. The van der Waals surface area contributed by atoms with E-state index in [1.807, 2.05) is 25.3 Å². The molecule has 0 spiro atoms. The molecule has 0 unspecified atom stereocenters. The minimum atomic E-state index is -0.353. The zero-order valence-corrected chi connectivity index (χ0v) is 11.9. The van der Waals surface area contributed by atoms with Crippen LogP contribution < -0.4 is 5.32 Å². The number of nitrogens with one attached hydrogen (secondary N) is 1. The lowest BCUT2D eigenvalue weighted by atomic mass is 10.1. The van der Waals surface area contributed by atoms with E-state index in [0.29, 0.717) is 0 Å². The molecule has 0 radical (unpaired) electrons. The van der Waals surface area contributed by atoms with E-state index >= 15 is 0 Å². The van der Waals surface area contributed by atoms with Crippen molar-refractivity contribution in [2.75, 3.05) is 12.4 Å². The Morgan fingerprint density at radius 2 is 2.39 bits per heavy atom. The van der Waals surface area contributed by atoms with Gasteiger partial charge in [0.1, 0.15) is 6.04 Å². The van der Waals surface area contributed by atoms with E-state index < -0.39 is 0 Å². The van der Waals surface area contributed by atoms with Crippen LogP contribution in [0.1, 0.15) is 26.0 Å². The van der Waals surface area contributed by atoms with Crippen molar-refractivity contribution in [2.45, 2.75) is 32.7 Å². The summed E-state index contributed by atoms with van der Waals surface area (Å²) < 4.78 is 4.78. The molecule has 1 aromatic rings. The molecule has 5 heteroatoms. The van der Waals surface area contributed by atoms with Gasteiger partial charge in [-0.05, 0) is 18.8 Å². The van der Waals surface area contributed by atoms with Crippen LogP contribution in [0, 0.1) is 5.92 Å². The first kappa shape index (κ1) is 14.7. The molecule has 0 aliphatic rings. The summed E-state index contributed by atoms with van der Waals surface area (Å²) in [6.07, 6.45) is 3.66. The third-order valence-corrected chi connectivity index (χ3v) is 3.38. The van der Waals surface area contributed by atoms with Crippen LogP contribution in [-0.2, 0) is 16.0 Å². The lowest BCUT2D eigenvalue weighted by molar-refractivity contribution is -0.142. The molecule has 0 amide bonds. The molecule has 4 nitrogen and oxygen atoms in total. The molecule has 0 saturated heterocycles. The quantitative estimate of drug-likeness (QED) is 0.610. The highest BCUT2D eigenvalue weighted by Crippen LogP contribution is 2.20. The van der Waals surface area contributed by atoms with Gasteiger partial charge >= 0.3 is 5.97 Å². The largest absolute Gasteiger partial charge is 0.467 e. The van der Waals surface area contributed by atoms with E-state index in [1.54, 1.807) is 0 Å². The number of hydrogen-bond acceptors (Lipinski definition) is 5. The topological polar surface area (TPSA) is 51.2 Å². The summed E-state index contributed by atoms with van der Waals surface area (Å²) in [6.45, 7) is 7.63. The second kappa shape index (κ2) is 7.16. The number of rotatable bonds is 7. The molecule has 1 N–H and O–H groups in total. The fraction of sp³-hybridized carbons (Fsp3) is 0.538. The second-order valence-electron chi connectivity index (χ2n) is 4.36. The number of nitrogens with zero attached hydrogens (tertiary/aromatic N) is 1. The zero-order chi connectivity index (χ0) is 13.5. The molecule has 1 aromatic heterocycles. The minimum Gasteiger partial charge on any atom is -0.467 e. The van der Waals surface area contributed by atoms with E-state index in [0.717, 1.165) is 23.7 Å². The van der Waals surface area contributed by atoms with Crippen LogP contribution in [-0.4, -0.2) is 24.1 Å². The zero-order valence-electron chi connectivity index (χ0n) is 11.1. The van der Waals surface area contributed by atoms with Gasteiger partial charge < -0.3 is 10.1 Å². The van der Waals surface area contributed by atoms with Crippen molar-refractivity contribution in [2.24, 2.45) is 5.92 Å². The van der Waals surface area contributed by atoms with Gasteiger partial charge in [0.15, 0.2) is 5.13 Å². The number of thiazole rings is 1. The van der Waals surface area contributed by atoms with Crippen molar-refractivity contribution in [3.05, 3.63) is 23.7 Å². The molecule has 0 bridgehead atoms. The summed E-state index contributed by atoms with van der Waals surface area (Å²) in [5, 5.41) is 5.90. The first-order chi connectivity index (χ1) is 8.58. The Balaban J connectivity index is 2.66. The number of hydrogen-bond donors (Lipinski definition) is 1. The Morgan fingerprint density at radius 3 is 2.94 bits per heavy atom. The second-order valence-corrected chi connectivity index (χ2v) is 5.22. The summed E-state index contributed by atoms with van der Waals surface area (Å²) in [6, 6.07) is -0.353. The predicted octanol–water partition coefficient (Wildman–Crippen LogP) is 2.87. The van der Waals surface area contributed by atoms with E-state index in [-0.39, 0.29) is 17.9 Å². The monoisotopic (exact) mass is 268 g/mol. The van der Waals surface area contributed by atoms with E-state index in [9.17, 15) is 4.79 Å². The smallest absolute Gasteiger partial charge is 0.328 e. The average molecular weight is 268 g/mol. The molecule has 0 aliphatic carbocycles. The standard InChI is InChI=1S/C13H20N2O2S/c1-5-6-7-10-8-18-13(14-10)15-11(9(2)3)12(16)17-4/h5,8-9,11H,1,6-7H2,2-4H3,(H,14,15)/t11-/m0/s1. The first-order valence-corrected chi connectivity index (χ1v) is 6.86. The number of esters is 1. The van der Waals surface area contributed by atoms with Crippen LogP contribution >= 0.6 is 11.3 Å². The normalized spacial score (nSPS) is 12.2. The fourth-order valence-corrected chi connectivity index (χ4v) is 2.28. The van der Waals surface area contributed by atoms with Gasteiger partial charge in [-0.3, -0.25) is 0 Å². The Hall–Kier alpha value is -1.36. The maximum absolute atomic E-state index is 11.6. The van der Waals surface area contributed by atoms with Gasteiger partial charge in [-0.25, -0.2) is 9.78 Å². The van der Waals surface area contributed by atoms with Crippen LogP contribution in [0.2, 0.25) is 0 Å². The van der Waals surface area contributed by atoms with Crippen molar-refractivity contribution < 1.29 is 9.53 Å². The fourth-order valence-electron chi connectivity index (χ4n) is 1.50. The van der Waals surface area contributed by atoms with Crippen molar-refractivity contribution in [3.8, 4) is 0 Å². The van der Waals surface area contributed by atoms with E-state index in [1.165, 1.54) is 18.4 Å². The van der Waals surface area contributed by atoms with Gasteiger partial charge in [-0.2, -0.15) is 0 Å². The predicted molar refractivity (Wildman–Crippen MR) is 74.9 cm³/mol. The molecule has 0 fully saturated rings. The van der Waals surface area contributed by atoms with Crippen molar-refractivity contribution in [3.63, 3.8) is 0 Å². The van der Waals surface area contributed by atoms with Crippen molar-refractivity contribution in [1.29, 1.82) is 0 Å². The maximum atomic E-state index is 11.6. The maximum Gasteiger partial charge on any atom is 0.328 e. The Kier molecular flexibility index (Phi) is 5.85. The Labute approximate surface area is 112 Å². The van der Waals surface area contributed by atoms with Crippen LogP contribution in [0.3, 0.4) is 0 Å². The minimum absolute atomic E-state index is 0.151. The van der Waals surface area contributed by atoms with Gasteiger partial charge in [-0.1, -0.05) is 19.9 Å². The summed E-state index contributed by atoms with van der Waals surface area (Å²) >= 11 is 1.51. The molecule has 1 heterocycles. The summed E-state index contributed by atoms with van der Waals surface area (Å²) in [4.78, 5) is 16.1. The van der Waals surface area contributed by atoms with Crippen molar-refractivity contribution in [1.82, 2.24) is 4.98 Å². The number of allylic oxidation sites excluding steroid dienone is 1. The highest BCUT2D eigenvalue weighted by molar-refractivity contribution is 7.13. The van der Waals surface area contributed by atoms with Crippen molar-refractivity contribution >= 4 is 22.4 Å². The molecule has 1 rings (SSSR count). The molecular formula is C13H20N2O2S. The summed E-state index contributed by atoms with van der Waals surface area (Å²) in [5.41, 5.74) is 1.02. The van der Waals surface area contributed by atoms with Gasteiger partial charge in [0.25, 0.3) is 0 Å². The summed E-state index contributed by atoms with van der Waals surface area (Å²) in [5.74, 6) is -0.106. The number of ether oxygens (including phenoxy) is 1. The molecule has 0 aliphatic heterocycles. The number of methoxy groups -OCH3 is 1. The number of carbonyl (C=O) groups is 1. The molecule has 18 heavy (non-hydrogen) atoms. The van der Waals surface area contributed by atoms with E-state index in [2.05, 4.69) is 16.9 Å². The lowest BCUT2D eigenvalue weighted by Crippen LogP contribution is -2.35. The van der Waals surface area contributed by atoms with Gasteiger partial charge in [0.2, 0.25) is 0 Å².